The number of halogens is 4. The Hall–Kier alpha value is -3.90. The summed E-state index contributed by atoms with van der Waals surface area (Å²) in [6, 6.07) is 9.36. The zero-order valence-electron chi connectivity index (χ0n) is 20.5. The lowest BCUT2D eigenvalue weighted by Gasteiger charge is -2.31. The molecule has 0 aliphatic carbocycles. The second-order valence-electron chi connectivity index (χ2n) is 8.86. The van der Waals surface area contributed by atoms with Gasteiger partial charge in [-0.1, -0.05) is 12.1 Å². The number of alkyl halides is 3. The molecule has 1 fully saturated rings. The number of aromatic nitrogens is 2. The minimum absolute atomic E-state index is 0.0125. The average molecular weight is 532 g/mol. The summed E-state index contributed by atoms with van der Waals surface area (Å²) in [7, 11) is 1.96. The lowest BCUT2D eigenvalue weighted by atomic mass is 10.1. The number of hydrogen-bond donors (Lipinski definition) is 1. The molecular weight excluding hydrogens is 506 g/mol. The molecule has 0 unspecified atom stereocenters. The SMILES string of the molecule is CN1CCN(CC(=O)Nc2cc(C(=O)Cc3cnc(-c4ccccc4F)cn3)ccc2OC(F)(F)F)CC1. The molecule has 0 radical (unpaired) electrons. The Morgan fingerprint density at radius 1 is 1.03 bits per heavy atom. The number of likely N-dealkylation sites (N-methyl/N-ethyl adjacent to an activating group) is 1. The van der Waals surface area contributed by atoms with Crippen molar-refractivity contribution in [1.82, 2.24) is 19.8 Å². The van der Waals surface area contributed by atoms with Gasteiger partial charge in [-0.15, -0.1) is 13.2 Å². The number of benzene rings is 2. The van der Waals surface area contributed by atoms with Gasteiger partial charge in [-0.2, -0.15) is 0 Å². The maximum Gasteiger partial charge on any atom is 0.573 e. The van der Waals surface area contributed by atoms with Gasteiger partial charge in [-0.05, 0) is 37.4 Å². The van der Waals surface area contributed by atoms with Gasteiger partial charge < -0.3 is 15.0 Å². The van der Waals surface area contributed by atoms with Gasteiger partial charge in [-0.3, -0.25) is 24.5 Å². The van der Waals surface area contributed by atoms with Gasteiger partial charge in [0.15, 0.2) is 11.5 Å². The molecule has 38 heavy (non-hydrogen) atoms. The average Bonchev–Trinajstić information content (AvgIpc) is 2.86. The number of nitrogens with zero attached hydrogens (tertiary/aromatic N) is 4. The molecule has 1 aromatic heterocycles. The van der Waals surface area contributed by atoms with Gasteiger partial charge in [0.25, 0.3) is 0 Å². The largest absolute Gasteiger partial charge is 0.573 e. The van der Waals surface area contributed by atoms with Crippen molar-refractivity contribution in [2.75, 3.05) is 45.1 Å². The molecule has 8 nitrogen and oxygen atoms in total. The molecule has 0 atom stereocenters. The van der Waals surface area contributed by atoms with Gasteiger partial charge in [-0.25, -0.2) is 4.39 Å². The smallest absolute Gasteiger partial charge is 0.404 e. The van der Waals surface area contributed by atoms with Crippen LogP contribution in [-0.2, 0) is 11.2 Å². The highest BCUT2D eigenvalue weighted by atomic mass is 19.4. The fourth-order valence-corrected chi connectivity index (χ4v) is 3.93. The molecular formula is C26H25F4N5O3. The number of piperazine rings is 1. The van der Waals surface area contributed by atoms with Crippen LogP contribution in [0.1, 0.15) is 16.1 Å². The molecule has 200 valence electrons. The highest BCUT2D eigenvalue weighted by Crippen LogP contribution is 2.32. The first-order chi connectivity index (χ1) is 18.1. The van der Waals surface area contributed by atoms with Crippen LogP contribution in [0.3, 0.4) is 0 Å². The Kier molecular flexibility index (Phi) is 8.32. The van der Waals surface area contributed by atoms with E-state index < -0.39 is 29.6 Å². The Balaban J connectivity index is 1.48. The third kappa shape index (κ3) is 7.33. The number of rotatable bonds is 8. The van der Waals surface area contributed by atoms with Gasteiger partial charge in [0, 0.05) is 43.5 Å². The van der Waals surface area contributed by atoms with Crippen LogP contribution in [0.15, 0.2) is 54.9 Å². The van der Waals surface area contributed by atoms with Crippen molar-refractivity contribution in [3.63, 3.8) is 0 Å². The van der Waals surface area contributed by atoms with Gasteiger partial charge >= 0.3 is 6.36 Å². The number of amides is 1. The minimum Gasteiger partial charge on any atom is -0.404 e. The number of nitrogens with one attached hydrogen (secondary N) is 1. The summed E-state index contributed by atoms with van der Waals surface area (Å²) in [4.78, 5) is 37.8. The summed E-state index contributed by atoms with van der Waals surface area (Å²) in [5.41, 5.74) is 0.613. The van der Waals surface area contributed by atoms with Crippen LogP contribution in [0.25, 0.3) is 11.3 Å². The maximum atomic E-state index is 14.0. The fourth-order valence-electron chi connectivity index (χ4n) is 3.93. The first-order valence-electron chi connectivity index (χ1n) is 11.8. The van der Waals surface area contributed by atoms with E-state index >= 15 is 0 Å². The Morgan fingerprint density at radius 2 is 1.76 bits per heavy atom. The summed E-state index contributed by atoms with van der Waals surface area (Å²) in [5, 5.41) is 2.45. The van der Waals surface area contributed by atoms with Crippen molar-refractivity contribution in [3.8, 4) is 17.0 Å². The quantitative estimate of drug-likeness (QED) is 0.350. The Labute approximate surface area is 216 Å². The van der Waals surface area contributed by atoms with Crippen molar-refractivity contribution in [3.05, 3.63) is 71.9 Å². The Morgan fingerprint density at radius 3 is 2.42 bits per heavy atom. The summed E-state index contributed by atoms with van der Waals surface area (Å²) < 4.78 is 56.9. The third-order valence-electron chi connectivity index (χ3n) is 5.96. The molecule has 1 saturated heterocycles. The van der Waals surface area contributed by atoms with E-state index in [1.165, 1.54) is 24.5 Å². The summed E-state index contributed by atoms with van der Waals surface area (Å²) >= 11 is 0. The number of Topliss-reactive ketones (excluding diaryl/α,β-unsaturated/α-hetero) is 1. The molecule has 1 N–H and O–H groups in total. The number of anilines is 1. The van der Waals surface area contributed by atoms with E-state index in [0.29, 0.717) is 18.8 Å². The van der Waals surface area contributed by atoms with Crippen molar-refractivity contribution >= 4 is 17.4 Å². The van der Waals surface area contributed by atoms with Crippen molar-refractivity contribution in [2.45, 2.75) is 12.8 Å². The highest BCUT2D eigenvalue weighted by Gasteiger charge is 2.32. The fraction of sp³-hybridized carbons (Fsp3) is 0.308. The normalized spacial score (nSPS) is 14.8. The topological polar surface area (TPSA) is 87.7 Å². The van der Waals surface area contributed by atoms with Crippen molar-refractivity contribution in [1.29, 1.82) is 0 Å². The van der Waals surface area contributed by atoms with Crippen LogP contribution in [-0.4, -0.2) is 77.6 Å². The number of hydrogen-bond acceptors (Lipinski definition) is 7. The van der Waals surface area contributed by atoms with E-state index in [0.717, 1.165) is 25.2 Å². The van der Waals surface area contributed by atoms with Crippen LogP contribution in [0.5, 0.6) is 5.75 Å². The zero-order valence-corrected chi connectivity index (χ0v) is 20.5. The second kappa shape index (κ2) is 11.7. The lowest BCUT2D eigenvalue weighted by molar-refractivity contribution is -0.274. The van der Waals surface area contributed by atoms with Gasteiger partial charge in [0.2, 0.25) is 5.91 Å². The van der Waals surface area contributed by atoms with E-state index in [2.05, 4.69) is 24.9 Å². The van der Waals surface area contributed by atoms with E-state index in [1.807, 2.05) is 11.9 Å². The van der Waals surface area contributed by atoms with Gasteiger partial charge in [0.1, 0.15) is 5.82 Å². The molecule has 1 amide bonds. The van der Waals surface area contributed by atoms with Gasteiger partial charge in [0.05, 0.1) is 36.2 Å². The molecule has 1 aliphatic rings. The van der Waals surface area contributed by atoms with Crippen LogP contribution >= 0.6 is 0 Å². The second-order valence-corrected chi connectivity index (χ2v) is 8.86. The summed E-state index contributed by atoms with van der Waals surface area (Å²) in [5.74, 6) is -2.09. The number of carbonyl (C=O) groups excluding carboxylic acids is 2. The predicted molar refractivity (Wildman–Crippen MR) is 131 cm³/mol. The lowest BCUT2D eigenvalue weighted by Crippen LogP contribution is -2.47. The number of carbonyl (C=O) groups is 2. The third-order valence-corrected chi connectivity index (χ3v) is 5.96. The van der Waals surface area contributed by atoms with Crippen LogP contribution in [0, 0.1) is 5.82 Å². The predicted octanol–water partition coefficient (Wildman–Crippen LogP) is 3.79. The maximum absolute atomic E-state index is 14.0. The van der Waals surface area contributed by atoms with Crippen molar-refractivity contribution in [2.24, 2.45) is 0 Å². The molecule has 2 heterocycles. The standard InChI is InChI=1S/C26H25F4N5O3/c1-34-8-10-35(11-9-34)16-25(37)33-21-12-17(6-7-24(21)38-26(28,29)30)23(36)13-18-14-32-22(15-31-18)19-4-2-3-5-20(19)27/h2-7,12,14-15H,8-11,13,16H2,1H3,(H,33,37). The highest BCUT2D eigenvalue weighted by molar-refractivity contribution is 6.00. The van der Waals surface area contributed by atoms with E-state index in [1.54, 1.807) is 18.2 Å². The molecule has 3 aromatic rings. The minimum atomic E-state index is -4.99. The molecule has 2 aromatic carbocycles. The monoisotopic (exact) mass is 531 g/mol. The zero-order chi connectivity index (χ0) is 27.3. The number of ketones is 1. The summed E-state index contributed by atoms with van der Waals surface area (Å²) in [6.07, 6.45) is -2.53. The molecule has 4 rings (SSSR count). The van der Waals surface area contributed by atoms with Crippen molar-refractivity contribution < 1.29 is 31.9 Å². The van der Waals surface area contributed by atoms with Crippen LogP contribution in [0.4, 0.5) is 23.2 Å². The molecule has 0 spiro atoms. The number of ether oxygens (including phenoxy) is 1. The molecule has 0 saturated carbocycles. The van der Waals surface area contributed by atoms with E-state index in [-0.39, 0.29) is 35.5 Å². The van der Waals surface area contributed by atoms with E-state index in [9.17, 15) is 27.2 Å². The molecule has 12 heteroatoms. The van der Waals surface area contributed by atoms with Crippen LogP contribution in [0.2, 0.25) is 0 Å². The van der Waals surface area contributed by atoms with Crippen LogP contribution < -0.4 is 10.1 Å². The Bertz CT molecular complexity index is 1290. The molecule has 0 bridgehead atoms. The first-order valence-corrected chi connectivity index (χ1v) is 11.8. The first kappa shape index (κ1) is 27.1. The summed E-state index contributed by atoms with van der Waals surface area (Å²) in [6.45, 7) is 2.81. The van der Waals surface area contributed by atoms with E-state index in [4.69, 9.17) is 0 Å². The molecule has 1 aliphatic heterocycles.